The molecular weight excluding hydrogens is 306 g/mol. The number of phenols is 1. The van der Waals surface area contributed by atoms with Crippen LogP contribution in [-0.2, 0) is 6.54 Å². The highest BCUT2D eigenvalue weighted by Gasteiger charge is 2.05. The van der Waals surface area contributed by atoms with Crippen LogP contribution in [0.2, 0.25) is 0 Å². The number of benzene rings is 2. The van der Waals surface area contributed by atoms with Crippen LogP contribution in [0, 0.1) is 0 Å². The Bertz CT molecular complexity index is 674. The van der Waals surface area contributed by atoms with Crippen LogP contribution in [0.3, 0.4) is 0 Å². The van der Waals surface area contributed by atoms with E-state index in [9.17, 15) is 14.7 Å². The third kappa shape index (κ3) is 6.00. The van der Waals surface area contributed by atoms with Crippen molar-refractivity contribution in [3.63, 3.8) is 0 Å². The van der Waals surface area contributed by atoms with Gasteiger partial charge >= 0.3 is 6.03 Å². The van der Waals surface area contributed by atoms with Crippen LogP contribution in [0.4, 0.5) is 4.79 Å². The Morgan fingerprint density at radius 1 is 0.875 bits per heavy atom. The van der Waals surface area contributed by atoms with Crippen LogP contribution < -0.4 is 16.0 Å². The summed E-state index contributed by atoms with van der Waals surface area (Å²) in [5.74, 6) is -0.196. The maximum atomic E-state index is 11.8. The molecule has 0 fully saturated rings. The molecule has 0 unspecified atom stereocenters. The lowest BCUT2D eigenvalue weighted by molar-refractivity contribution is 0.0953. The third-order valence-corrected chi connectivity index (χ3v) is 3.33. The molecule has 2 rings (SSSR count). The molecule has 0 aliphatic carbocycles. The Balaban J connectivity index is 1.57. The molecule has 126 valence electrons. The number of carbonyl (C=O) groups excluding carboxylic acids is 2. The fourth-order valence-electron chi connectivity index (χ4n) is 2.08. The Hall–Kier alpha value is -3.02. The third-order valence-electron chi connectivity index (χ3n) is 3.33. The zero-order valence-electron chi connectivity index (χ0n) is 13.3. The summed E-state index contributed by atoms with van der Waals surface area (Å²) in [6, 6.07) is 15.6. The van der Waals surface area contributed by atoms with Gasteiger partial charge in [0.25, 0.3) is 5.91 Å². The van der Waals surface area contributed by atoms with Crippen LogP contribution in [0.5, 0.6) is 5.75 Å². The van der Waals surface area contributed by atoms with Crippen molar-refractivity contribution in [2.75, 3.05) is 13.1 Å². The number of nitrogens with one attached hydrogen (secondary N) is 3. The molecule has 6 nitrogen and oxygen atoms in total. The van der Waals surface area contributed by atoms with E-state index in [0.717, 1.165) is 5.56 Å². The Morgan fingerprint density at radius 2 is 1.62 bits per heavy atom. The molecule has 4 N–H and O–H groups in total. The second-order valence-electron chi connectivity index (χ2n) is 5.25. The van der Waals surface area contributed by atoms with Gasteiger partial charge in [0.15, 0.2) is 0 Å². The summed E-state index contributed by atoms with van der Waals surface area (Å²) in [7, 11) is 0. The molecule has 3 amide bonds. The molecular formula is C18H21N3O3. The molecule has 0 aliphatic rings. The number of hydrogen-bond donors (Lipinski definition) is 4. The SMILES string of the molecule is O=C(NCCCNC(=O)c1cccc(O)c1)NCc1ccccc1. The minimum absolute atomic E-state index is 0.0550. The van der Waals surface area contributed by atoms with E-state index >= 15 is 0 Å². The fourth-order valence-corrected chi connectivity index (χ4v) is 2.08. The molecule has 0 saturated carbocycles. The molecule has 0 bridgehead atoms. The van der Waals surface area contributed by atoms with Gasteiger partial charge in [0.1, 0.15) is 5.75 Å². The lowest BCUT2D eigenvalue weighted by Gasteiger charge is -2.08. The Morgan fingerprint density at radius 3 is 2.38 bits per heavy atom. The molecule has 24 heavy (non-hydrogen) atoms. The van der Waals surface area contributed by atoms with Gasteiger partial charge in [0.2, 0.25) is 0 Å². The number of phenolic OH excluding ortho intramolecular Hbond substituents is 1. The van der Waals surface area contributed by atoms with E-state index in [2.05, 4.69) is 16.0 Å². The zero-order valence-corrected chi connectivity index (χ0v) is 13.3. The number of hydrogen-bond acceptors (Lipinski definition) is 3. The minimum atomic E-state index is -0.251. The molecule has 0 atom stereocenters. The molecule has 0 spiro atoms. The molecule has 0 saturated heterocycles. The van der Waals surface area contributed by atoms with Crippen LogP contribution in [0.1, 0.15) is 22.3 Å². The Labute approximate surface area is 140 Å². The number of rotatable bonds is 7. The predicted molar refractivity (Wildman–Crippen MR) is 91.7 cm³/mol. The summed E-state index contributed by atoms with van der Waals surface area (Å²) >= 11 is 0. The zero-order chi connectivity index (χ0) is 17.2. The first-order valence-corrected chi connectivity index (χ1v) is 7.78. The Kier molecular flexibility index (Phi) is 6.64. The van der Waals surface area contributed by atoms with Gasteiger partial charge in [0, 0.05) is 25.2 Å². The fraction of sp³-hybridized carbons (Fsp3) is 0.222. The van der Waals surface area contributed by atoms with Gasteiger partial charge in [-0.1, -0.05) is 36.4 Å². The molecule has 0 heterocycles. The monoisotopic (exact) mass is 327 g/mol. The van der Waals surface area contributed by atoms with Crippen LogP contribution in [0.15, 0.2) is 54.6 Å². The maximum absolute atomic E-state index is 11.8. The number of amides is 3. The largest absolute Gasteiger partial charge is 0.508 e. The molecule has 0 radical (unpaired) electrons. The lowest BCUT2D eigenvalue weighted by Crippen LogP contribution is -2.36. The average Bonchev–Trinajstić information content (AvgIpc) is 2.60. The van der Waals surface area contributed by atoms with E-state index in [-0.39, 0.29) is 17.7 Å². The summed E-state index contributed by atoms with van der Waals surface area (Å²) < 4.78 is 0. The van der Waals surface area contributed by atoms with Gasteiger partial charge in [-0.3, -0.25) is 4.79 Å². The van der Waals surface area contributed by atoms with Gasteiger partial charge in [0.05, 0.1) is 0 Å². The van der Waals surface area contributed by atoms with Crippen molar-refractivity contribution in [1.29, 1.82) is 0 Å². The first kappa shape index (κ1) is 17.3. The molecule has 0 aromatic heterocycles. The molecule has 6 heteroatoms. The normalized spacial score (nSPS) is 10.0. The van der Waals surface area contributed by atoms with E-state index in [1.54, 1.807) is 12.1 Å². The van der Waals surface area contributed by atoms with Crippen molar-refractivity contribution < 1.29 is 14.7 Å². The highest BCUT2D eigenvalue weighted by molar-refractivity contribution is 5.94. The van der Waals surface area contributed by atoms with Gasteiger partial charge in [-0.05, 0) is 30.2 Å². The molecule has 2 aromatic carbocycles. The summed E-state index contributed by atoms with van der Waals surface area (Å²) in [6.45, 7) is 1.37. The van der Waals surface area contributed by atoms with Gasteiger partial charge in [-0.2, -0.15) is 0 Å². The van der Waals surface area contributed by atoms with Crippen molar-refractivity contribution in [2.45, 2.75) is 13.0 Å². The predicted octanol–water partition coefficient (Wildman–Crippen LogP) is 2.01. The van der Waals surface area contributed by atoms with Crippen molar-refractivity contribution in [3.05, 3.63) is 65.7 Å². The van der Waals surface area contributed by atoms with Crippen molar-refractivity contribution in [2.24, 2.45) is 0 Å². The standard InChI is InChI=1S/C18H21N3O3/c22-16-9-4-8-15(12-16)17(23)19-10-5-11-20-18(24)21-13-14-6-2-1-3-7-14/h1-4,6-9,12,22H,5,10-11,13H2,(H,19,23)(H2,20,21,24). The van der Waals surface area contributed by atoms with E-state index in [1.165, 1.54) is 12.1 Å². The van der Waals surface area contributed by atoms with Gasteiger partial charge in [-0.15, -0.1) is 0 Å². The topological polar surface area (TPSA) is 90.5 Å². The van der Waals surface area contributed by atoms with E-state index in [4.69, 9.17) is 0 Å². The van der Waals surface area contributed by atoms with Crippen molar-refractivity contribution in [3.8, 4) is 5.75 Å². The highest BCUT2D eigenvalue weighted by atomic mass is 16.3. The summed E-state index contributed by atoms with van der Waals surface area (Å²) in [6.07, 6.45) is 0.614. The minimum Gasteiger partial charge on any atom is -0.508 e. The van der Waals surface area contributed by atoms with Crippen LogP contribution in [-0.4, -0.2) is 30.1 Å². The first-order chi connectivity index (χ1) is 11.6. The lowest BCUT2D eigenvalue weighted by atomic mass is 10.2. The number of aromatic hydroxyl groups is 1. The van der Waals surface area contributed by atoms with Crippen LogP contribution >= 0.6 is 0 Å². The summed E-state index contributed by atoms with van der Waals surface area (Å²) in [5.41, 5.74) is 1.44. The molecule has 2 aromatic rings. The highest BCUT2D eigenvalue weighted by Crippen LogP contribution is 2.10. The van der Waals surface area contributed by atoms with E-state index < -0.39 is 0 Å². The second kappa shape index (κ2) is 9.19. The second-order valence-corrected chi connectivity index (χ2v) is 5.25. The van der Waals surface area contributed by atoms with E-state index in [0.29, 0.717) is 31.6 Å². The van der Waals surface area contributed by atoms with Crippen molar-refractivity contribution >= 4 is 11.9 Å². The van der Waals surface area contributed by atoms with Crippen molar-refractivity contribution in [1.82, 2.24) is 16.0 Å². The number of urea groups is 1. The first-order valence-electron chi connectivity index (χ1n) is 7.78. The smallest absolute Gasteiger partial charge is 0.315 e. The summed E-state index contributed by atoms with van der Waals surface area (Å²) in [4.78, 5) is 23.5. The van der Waals surface area contributed by atoms with E-state index in [1.807, 2.05) is 30.3 Å². The molecule has 0 aliphatic heterocycles. The van der Waals surface area contributed by atoms with Crippen LogP contribution in [0.25, 0.3) is 0 Å². The average molecular weight is 327 g/mol. The summed E-state index contributed by atoms with van der Waals surface area (Å²) in [5, 5.41) is 17.6. The number of carbonyl (C=O) groups is 2. The van der Waals surface area contributed by atoms with Gasteiger partial charge < -0.3 is 21.1 Å². The van der Waals surface area contributed by atoms with Gasteiger partial charge in [-0.25, -0.2) is 4.79 Å². The quantitative estimate of drug-likeness (QED) is 0.586. The maximum Gasteiger partial charge on any atom is 0.315 e.